The maximum Gasteiger partial charge on any atom is 0.212 e. The van der Waals surface area contributed by atoms with E-state index in [2.05, 4.69) is 30.9 Å². The van der Waals surface area contributed by atoms with Gasteiger partial charge >= 0.3 is 0 Å². The first kappa shape index (κ1) is 21.6. The predicted molar refractivity (Wildman–Crippen MR) is 127 cm³/mol. The molecule has 1 aromatic carbocycles. The molecule has 0 saturated heterocycles. The fourth-order valence-corrected chi connectivity index (χ4v) is 4.38. The van der Waals surface area contributed by atoms with Gasteiger partial charge in [0.25, 0.3) is 0 Å². The summed E-state index contributed by atoms with van der Waals surface area (Å²) in [5.41, 5.74) is 3.71. The zero-order valence-corrected chi connectivity index (χ0v) is 19.9. The lowest BCUT2D eigenvalue weighted by atomic mass is 10.0. The lowest BCUT2D eigenvalue weighted by Gasteiger charge is -2.33. The van der Waals surface area contributed by atoms with Crippen LogP contribution >= 0.6 is 15.9 Å². The van der Waals surface area contributed by atoms with Gasteiger partial charge in [-0.1, -0.05) is 0 Å². The van der Waals surface area contributed by atoms with Crippen LogP contribution in [-0.4, -0.2) is 47.7 Å². The minimum absolute atomic E-state index is 0.241. The molecule has 0 bridgehead atoms. The van der Waals surface area contributed by atoms with E-state index in [0.29, 0.717) is 45.6 Å². The van der Waals surface area contributed by atoms with Crippen molar-refractivity contribution in [3.63, 3.8) is 0 Å². The molecule has 3 aromatic heterocycles. The van der Waals surface area contributed by atoms with Crippen molar-refractivity contribution in [3.05, 3.63) is 58.5 Å². The second kappa shape index (κ2) is 8.59. The molecular weight excluding hydrogens is 487 g/mol. The van der Waals surface area contributed by atoms with Gasteiger partial charge in [0, 0.05) is 17.8 Å². The largest absolute Gasteiger partial charge is 0.493 e. The summed E-state index contributed by atoms with van der Waals surface area (Å²) in [5.74, 6) is 2.29. The summed E-state index contributed by atoms with van der Waals surface area (Å²) < 4.78 is 26.0. The molecule has 2 atom stereocenters. The van der Waals surface area contributed by atoms with E-state index in [9.17, 15) is 0 Å². The van der Waals surface area contributed by atoms with Crippen LogP contribution in [0.2, 0.25) is 0 Å². The van der Waals surface area contributed by atoms with Crippen molar-refractivity contribution in [2.75, 3.05) is 14.2 Å². The molecule has 10 heteroatoms. The van der Waals surface area contributed by atoms with Gasteiger partial charge < -0.3 is 18.9 Å². The molecule has 4 heterocycles. The molecule has 0 fully saturated rings. The average Bonchev–Trinajstić information content (AvgIpc) is 3.12. The lowest BCUT2D eigenvalue weighted by molar-refractivity contribution is 0.0277. The Kier molecular flexibility index (Phi) is 5.61. The summed E-state index contributed by atoms with van der Waals surface area (Å²) in [6.45, 7) is 2.45. The van der Waals surface area contributed by atoms with Crippen LogP contribution in [0.15, 0.2) is 47.3 Å². The van der Waals surface area contributed by atoms with Crippen LogP contribution in [0.25, 0.3) is 11.2 Å². The zero-order valence-electron chi connectivity index (χ0n) is 18.3. The quantitative estimate of drug-likeness (QED) is 0.384. The van der Waals surface area contributed by atoms with Gasteiger partial charge in [-0.15, -0.1) is 0 Å². The number of methoxy groups -OCH3 is 2. The molecule has 4 aromatic rings. The summed E-state index contributed by atoms with van der Waals surface area (Å²) in [6, 6.07) is 11.2. The molecule has 0 unspecified atom stereocenters. The van der Waals surface area contributed by atoms with Crippen LogP contribution in [0.3, 0.4) is 0 Å². The topological polar surface area (TPSA) is 80.5 Å². The first-order valence-electron chi connectivity index (χ1n) is 10.3. The highest BCUT2D eigenvalue weighted by Gasteiger charge is 2.32. The van der Waals surface area contributed by atoms with Crippen LogP contribution < -0.4 is 24.5 Å². The van der Waals surface area contributed by atoms with E-state index in [1.54, 1.807) is 32.5 Å². The first-order chi connectivity index (χ1) is 16.0. The molecule has 0 amide bonds. The van der Waals surface area contributed by atoms with Crippen molar-refractivity contribution >= 4 is 40.5 Å². The van der Waals surface area contributed by atoms with Gasteiger partial charge in [0.2, 0.25) is 11.6 Å². The fraction of sp³-hybridized carbons (Fsp3) is 0.261. The predicted octanol–water partition coefficient (Wildman–Crippen LogP) is 3.35. The highest BCUT2D eigenvalue weighted by molar-refractivity contribution is 9.10. The lowest BCUT2D eigenvalue weighted by Crippen LogP contribution is -2.31. The Bertz CT molecular complexity index is 1330. The highest BCUT2D eigenvalue weighted by atomic mass is 79.9. The molecule has 1 aliphatic heterocycles. The van der Waals surface area contributed by atoms with Gasteiger partial charge in [-0.2, -0.15) is 0 Å². The second-order valence-corrected chi connectivity index (χ2v) is 8.38. The van der Waals surface area contributed by atoms with E-state index in [-0.39, 0.29) is 12.2 Å². The van der Waals surface area contributed by atoms with Crippen molar-refractivity contribution in [1.29, 1.82) is 0 Å². The number of aromatic nitrogens is 4. The smallest absolute Gasteiger partial charge is 0.212 e. The Morgan fingerprint density at radius 3 is 2.67 bits per heavy atom. The SMILES string of the molecule is [B]c1ccc2nc(Br)n(Cc3cc(OC)c4c(c3)O[C@@H](C)[C@H](c3ccc(OC)nc3)O4)c2n1. The van der Waals surface area contributed by atoms with Gasteiger partial charge in [-0.25, -0.2) is 15.0 Å². The number of ether oxygens (including phenoxy) is 4. The van der Waals surface area contributed by atoms with Gasteiger partial charge in [0.1, 0.15) is 19.5 Å². The summed E-state index contributed by atoms with van der Waals surface area (Å²) in [5, 5.41) is 0. The van der Waals surface area contributed by atoms with Crippen LogP contribution in [0.5, 0.6) is 23.1 Å². The molecular formula is C23H20BBrN4O4. The van der Waals surface area contributed by atoms with Crippen molar-refractivity contribution in [1.82, 2.24) is 19.5 Å². The molecule has 5 rings (SSSR count). The number of nitrogens with zero attached hydrogens (tertiary/aromatic N) is 4. The molecule has 166 valence electrons. The Morgan fingerprint density at radius 2 is 1.94 bits per heavy atom. The van der Waals surface area contributed by atoms with E-state index in [0.717, 1.165) is 16.6 Å². The maximum absolute atomic E-state index is 6.34. The van der Waals surface area contributed by atoms with Crippen molar-refractivity contribution in [3.8, 4) is 23.1 Å². The highest BCUT2D eigenvalue weighted by Crippen LogP contribution is 2.46. The van der Waals surface area contributed by atoms with Crippen molar-refractivity contribution in [2.45, 2.75) is 25.7 Å². The minimum Gasteiger partial charge on any atom is -0.493 e. The Labute approximate surface area is 200 Å². The van der Waals surface area contributed by atoms with E-state index in [1.165, 1.54) is 0 Å². The van der Waals surface area contributed by atoms with E-state index in [1.807, 2.05) is 35.8 Å². The van der Waals surface area contributed by atoms with Crippen LogP contribution in [0, 0.1) is 0 Å². The van der Waals surface area contributed by atoms with E-state index < -0.39 is 0 Å². The maximum atomic E-state index is 6.34. The first-order valence-corrected chi connectivity index (χ1v) is 11.1. The fourth-order valence-electron chi connectivity index (χ4n) is 3.89. The van der Waals surface area contributed by atoms with Crippen molar-refractivity contribution < 1.29 is 18.9 Å². The number of pyridine rings is 2. The standard InChI is InChI=1S/C23H20BBrN4O4/c1-12-20(14-4-7-19(31-3)26-10-14)33-21-16(30-2)8-13(9-17(21)32-12)11-29-22-15(27-23(29)25)5-6-18(24)28-22/h4-10,12,20H,11H2,1-3H3/t12-,20+/m0/s1. The molecule has 0 spiro atoms. The van der Waals surface area contributed by atoms with Crippen LogP contribution in [0.4, 0.5) is 0 Å². The summed E-state index contributed by atoms with van der Waals surface area (Å²) in [6.07, 6.45) is 1.15. The number of imidazole rings is 1. The van der Waals surface area contributed by atoms with Gasteiger partial charge in [-0.3, -0.25) is 4.57 Å². The van der Waals surface area contributed by atoms with Crippen LogP contribution in [0.1, 0.15) is 24.2 Å². The Morgan fingerprint density at radius 1 is 1.09 bits per heavy atom. The monoisotopic (exact) mass is 506 g/mol. The number of fused-ring (bicyclic) bond motifs is 2. The number of halogens is 1. The molecule has 1 aliphatic rings. The summed E-state index contributed by atoms with van der Waals surface area (Å²) in [4.78, 5) is 13.2. The molecule has 0 aliphatic carbocycles. The molecule has 8 nitrogen and oxygen atoms in total. The Balaban J connectivity index is 1.49. The third-order valence-corrected chi connectivity index (χ3v) is 6.09. The molecule has 0 saturated carbocycles. The second-order valence-electron chi connectivity index (χ2n) is 7.67. The van der Waals surface area contributed by atoms with Gasteiger partial charge in [-0.05, 0) is 64.3 Å². The van der Waals surface area contributed by atoms with Gasteiger partial charge in [0.15, 0.2) is 28.0 Å². The number of hydrogen-bond donors (Lipinski definition) is 0. The van der Waals surface area contributed by atoms with Crippen molar-refractivity contribution in [2.24, 2.45) is 0 Å². The third kappa shape index (κ3) is 3.99. The van der Waals surface area contributed by atoms with E-state index >= 15 is 0 Å². The Hall–Kier alpha value is -3.27. The molecule has 0 N–H and O–H groups in total. The number of hydrogen-bond acceptors (Lipinski definition) is 7. The van der Waals surface area contributed by atoms with E-state index in [4.69, 9.17) is 26.8 Å². The summed E-state index contributed by atoms with van der Waals surface area (Å²) >= 11 is 3.52. The van der Waals surface area contributed by atoms with Gasteiger partial charge in [0.05, 0.1) is 20.8 Å². The minimum atomic E-state index is -0.338. The molecule has 33 heavy (non-hydrogen) atoms. The number of benzene rings is 1. The normalized spacial score (nSPS) is 17.2. The van der Waals surface area contributed by atoms with Crippen LogP contribution in [-0.2, 0) is 6.54 Å². The number of rotatable bonds is 5. The zero-order chi connectivity index (χ0) is 23.1. The third-order valence-electron chi connectivity index (χ3n) is 5.49. The average molecular weight is 507 g/mol. The summed E-state index contributed by atoms with van der Waals surface area (Å²) in [7, 11) is 9.08. The molecule has 2 radical (unpaired) electrons.